The third kappa shape index (κ3) is 3.45. The lowest BCUT2D eigenvalue weighted by Gasteiger charge is -2.14. The summed E-state index contributed by atoms with van der Waals surface area (Å²) in [6.45, 7) is 2.29. The molecule has 1 aromatic heterocycles. The monoisotopic (exact) mass is 307 g/mol. The Balaban J connectivity index is 1.71. The minimum absolute atomic E-state index is 0.0827. The Bertz CT molecular complexity index is 795. The highest BCUT2D eigenvalue weighted by atomic mass is 16.5. The zero-order chi connectivity index (χ0) is 16.2. The highest BCUT2D eigenvalue weighted by Gasteiger charge is 2.15. The summed E-state index contributed by atoms with van der Waals surface area (Å²) in [5.41, 5.74) is 2.70. The molecule has 1 heterocycles. The fourth-order valence-corrected chi connectivity index (χ4v) is 2.21. The fourth-order valence-electron chi connectivity index (χ4n) is 2.21. The maximum Gasteiger partial charge on any atom is 0.254 e. The number of nitrogens with zero attached hydrogens (tertiary/aromatic N) is 3. The molecule has 0 aliphatic rings. The van der Waals surface area contributed by atoms with E-state index in [1.807, 2.05) is 49.4 Å². The molecule has 0 N–H and O–H groups in total. The first-order valence-electron chi connectivity index (χ1n) is 7.33. The van der Waals surface area contributed by atoms with Gasteiger partial charge >= 0.3 is 0 Å². The largest absolute Gasteiger partial charge is 0.337 e. The van der Waals surface area contributed by atoms with Gasteiger partial charge in [-0.2, -0.15) is 4.98 Å². The molecule has 0 radical (unpaired) electrons. The Morgan fingerprint density at radius 2 is 1.78 bits per heavy atom. The Hall–Kier alpha value is -2.95. The number of amides is 1. The number of hydrogen-bond acceptors (Lipinski definition) is 4. The van der Waals surface area contributed by atoms with Crippen molar-refractivity contribution in [2.75, 3.05) is 7.05 Å². The van der Waals surface area contributed by atoms with Gasteiger partial charge in [-0.25, -0.2) is 0 Å². The second-order valence-corrected chi connectivity index (χ2v) is 5.40. The highest BCUT2D eigenvalue weighted by molar-refractivity contribution is 5.93. The lowest BCUT2D eigenvalue weighted by Crippen LogP contribution is -2.26. The summed E-state index contributed by atoms with van der Waals surface area (Å²) in [6.07, 6.45) is 0. The molecule has 5 heteroatoms. The molecule has 3 rings (SSSR count). The molecule has 0 bridgehead atoms. The van der Waals surface area contributed by atoms with Gasteiger partial charge in [-0.1, -0.05) is 53.2 Å². The van der Waals surface area contributed by atoms with Crippen LogP contribution in [-0.4, -0.2) is 28.0 Å². The van der Waals surface area contributed by atoms with E-state index in [4.69, 9.17) is 4.52 Å². The van der Waals surface area contributed by atoms with Gasteiger partial charge in [-0.05, 0) is 19.1 Å². The van der Waals surface area contributed by atoms with Crippen LogP contribution in [0.4, 0.5) is 0 Å². The van der Waals surface area contributed by atoms with Crippen LogP contribution in [0.25, 0.3) is 11.4 Å². The molecule has 0 saturated carbocycles. The molecule has 0 fully saturated rings. The molecule has 0 unspecified atom stereocenters. The topological polar surface area (TPSA) is 59.2 Å². The summed E-state index contributed by atoms with van der Waals surface area (Å²) in [4.78, 5) is 18.2. The lowest BCUT2D eigenvalue weighted by atomic mass is 10.1. The van der Waals surface area contributed by atoms with Crippen molar-refractivity contribution < 1.29 is 9.32 Å². The number of aryl methyl sites for hydroxylation is 1. The SMILES string of the molecule is Cc1ccc(-c2noc(CN(C)C(=O)c3ccccc3)n2)cc1. The number of benzene rings is 2. The predicted molar refractivity (Wildman–Crippen MR) is 86.7 cm³/mol. The normalized spacial score (nSPS) is 10.5. The Labute approximate surface area is 134 Å². The first-order valence-corrected chi connectivity index (χ1v) is 7.33. The molecule has 0 aliphatic carbocycles. The first kappa shape index (κ1) is 15.0. The number of hydrogen-bond donors (Lipinski definition) is 0. The van der Waals surface area contributed by atoms with Gasteiger partial charge in [0.15, 0.2) is 0 Å². The molecule has 5 nitrogen and oxygen atoms in total. The Morgan fingerprint density at radius 3 is 2.48 bits per heavy atom. The minimum Gasteiger partial charge on any atom is -0.337 e. The Kier molecular flexibility index (Phi) is 4.19. The molecule has 3 aromatic rings. The van der Waals surface area contributed by atoms with Crippen LogP contribution >= 0.6 is 0 Å². The van der Waals surface area contributed by atoms with E-state index in [9.17, 15) is 4.79 Å². The van der Waals surface area contributed by atoms with Crippen molar-refractivity contribution in [2.24, 2.45) is 0 Å². The van der Waals surface area contributed by atoms with Crippen LogP contribution in [0.1, 0.15) is 21.8 Å². The molecule has 0 atom stereocenters. The van der Waals surface area contributed by atoms with Gasteiger partial charge in [0, 0.05) is 18.2 Å². The highest BCUT2D eigenvalue weighted by Crippen LogP contribution is 2.17. The standard InChI is InChI=1S/C18H17N3O2/c1-13-8-10-14(11-9-13)17-19-16(23-20-17)12-21(2)18(22)15-6-4-3-5-7-15/h3-11H,12H2,1-2H3. The predicted octanol–water partition coefficient (Wildman–Crippen LogP) is 3.32. The number of aromatic nitrogens is 2. The van der Waals surface area contributed by atoms with Gasteiger partial charge < -0.3 is 9.42 Å². The molecule has 116 valence electrons. The molecule has 1 amide bonds. The van der Waals surface area contributed by atoms with Crippen molar-refractivity contribution in [1.29, 1.82) is 0 Å². The second kappa shape index (κ2) is 6.44. The molecule has 23 heavy (non-hydrogen) atoms. The minimum atomic E-state index is -0.0827. The molecular weight excluding hydrogens is 290 g/mol. The summed E-state index contributed by atoms with van der Waals surface area (Å²) in [5.74, 6) is 0.855. The van der Waals surface area contributed by atoms with Gasteiger partial charge in [-0.3, -0.25) is 4.79 Å². The summed E-state index contributed by atoms with van der Waals surface area (Å²) in [6, 6.07) is 17.0. The summed E-state index contributed by atoms with van der Waals surface area (Å²) < 4.78 is 5.25. The van der Waals surface area contributed by atoms with Crippen molar-refractivity contribution in [1.82, 2.24) is 15.0 Å². The van der Waals surface area contributed by atoms with E-state index in [0.29, 0.717) is 17.3 Å². The van der Waals surface area contributed by atoms with Gasteiger partial charge in [0.1, 0.15) is 0 Å². The van der Waals surface area contributed by atoms with Crippen LogP contribution < -0.4 is 0 Å². The lowest BCUT2D eigenvalue weighted by molar-refractivity contribution is 0.0769. The quantitative estimate of drug-likeness (QED) is 0.742. The van der Waals surface area contributed by atoms with E-state index in [2.05, 4.69) is 10.1 Å². The average molecular weight is 307 g/mol. The number of carbonyl (C=O) groups excluding carboxylic acids is 1. The van der Waals surface area contributed by atoms with Gasteiger partial charge in [0.25, 0.3) is 5.91 Å². The summed E-state index contributed by atoms with van der Waals surface area (Å²) in [5, 5.41) is 3.98. The number of carbonyl (C=O) groups is 1. The van der Waals surface area contributed by atoms with Crippen LogP contribution in [0.15, 0.2) is 59.1 Å². The van der Waals surface area contributed by atoms with Crippen molar-refractivity contribution in [3.63, 3.8) is 0 Å². The zero-order valence-corrected chi connectivity index (χ0v) is 13.1. The van der Waals surface area contributed by atoms with Gasteiger partial charge in [0.05, 0.1) is 6.54 Å². The van der Waals surface area contributed by atoms with Crippen LogP contribution in [0.3, 0.4) is 0 Å². The Morgan fingerprint density at radius 1 is 1.09 bits per heavy atom. The molecular formula is C18H17N3O2. The van der Waals surface area contributed by atoms with Crippen molar-refractivity contribution >= 4 is 5.91 Å². The molecule has 2 aromatic carbocycles. The van der Waals surface area contributed by atoms with Crippen molar-refractivity contribution in [2.45, 2.75) is 13.5 Å². The average Bonchev–Trinajstić information content (AvgIpc) is 3.04. The van der Waals surface area contributed by atoms with E-state index in [0.717, 1.165) is 5.56 Å². The van der Waals surface area contributed by atoms with E-state index < -0.39 is 0 Å². The van der Waals surface area contributed by atoms with Crippen molar-refractivity contribution in [3.05, 3.63) is 71.6 Å². The van der Waals surface area contributed by atoms with Crippen LogP contribution in [0.5, 0.6) is 0 Å². The molecule has 0 spiro atoms. The maximum atomic E-state index is 12.3. The summed E-state index contributed by atoms with van der Waals surface area (Å²) in [7, 11) is 1.71. The molecule has 0 saturated heterocycles. The fraction of sp³-hybridized carbons (Fsp3) is 0.167. The van der Waals surface area contributed by atoms with E-state index >= 15 is 0 Å². The third-order valence-electron chi connectivity index (χ3n) is 3.52. The third-order valence-corrected chi connectivity index (χ3v) is 3.52. The van der Waals surface area contributed by atoms with E-state index in [1.165, 1.54) is 5.56 Å². The maximum absolute atomic E-state index is 12.3. The van der Waals surface area contributed by atoms with Crippen LogP contribution in [-0.2, 0) is 6.54 Å². The van der Waals surface area contributed by atoms with E-state index in [1.54, 1.807) is 24.1 Å². The first-order chi connectivity index (χ1) is 11.1. The number of rotatable bonds is 4. The molecule has 0 aliphatic heterocycles. The summed E-state index contributed by atoms with van der Waals surface area (Å²) >= 11 is 0. The zero-order valence-electron chi connectivity index (χ0n) is 13.1. The van der Waals surface area contributed by atoms with Gasteiger partial charge in [0.2, 0.25) is 11.7 Å². The van der Waals surface area contributed by atoms with Crippen LogP contribution in [0.2, 0.25) is 0 Å². The smallest absolute Gasteiger partial charge is 0.254 e. The van der Waals surface area contributed by atoms with Gasteiger partial charge in [-0.15, -0.1) is 0 Å². The van der Waals surface area contributed by atoms with E-state index in [-0.39, 0.29) is 12.5 Å². The van der Waals surface area contributed by atoms with Crippen molar-refractivity contribution in [3.8, 4) is 11.4 Å². The van der Waals surface area contributed by atoms with Crippen LogP contribution in [0, 0.1) is 6.92 Å². The second-order valence-electron chi connectivity index (χ2n) is 5.40.